The van der Waals surface area contributed by atoms with Gasteiger partial charge in [0.05, 0.1) is 17.3 Å². The minimum atomic E-state index is -0.152. The maximum absolute atomic E-state index is 13.2. The van der Waals surface area contributed by atoms with Gasteiger partial charge in [-0.3, -0.25) is 9.78 Å². The van der Waals surface area contributed by atoms with E-state index in [4.69, 9.17) is 9.97 Å². The van der Waals surface area contributed by atoms with Crippen molar-refractivity contribution >= 4 is 28.7 Å². The smallest absolute Gasteiger partial charge is 0.255 e. The Morgan fingerprint density at radius 2 is 1.91 bits per heavy atom. The SMILES string of the molecule is Cc1cc(C(=O)N2CCC[C@H]2c2nc(Nc3ccccc3)cc(-c3ccncc3)n2)cs1. The molecule has 1 amide bonds. The zero-order chi connectivity index (χ0) is 21.9. The van der Waals surface area contributed by atoms with Gasteiger partial charge in [-0.05, 0) is 50.1 Å². The van der Waals surface area contributed by atoms with Gasteiger partial charge in [-0.2, -0.15) is 0 Å². The number of thiophene rings is 1. The van der Waals surface area contributed by atoms with Crippen LogP contribution in [0.15, 0.2) is 72.4 Å². The van der Waals surface area contributed by atoms with E-state index >= 15 is 0 Å². The van der Waals surface area contributed by atoms with Gasteiger partial charge in [0.25, 0.3) is 5.91 Å². The van der Waals surface area contributed by atoms with Gasteiger partial charge in [0.15, 0.2) is 5.82 Å². The molecule has 32 heavy (non-hydrogen) atoms. The van der Waals surface area contributed by atoms with E-state index in [1.165, 1.54) is 0 Å². The molecule has 1 aliphatic rings. The predicted molar refractivity (Wildman–Crippen MR) is 127 cm³/mol. The molecular weight excluding hydrogens is 418 g/mol. The van der Waals surface area contributed by atoms with Gasteiger partial charge in [-0.1, -0.05) is 18.2 Å². The molecule has 160 valence electrons. The Morgan fingerprint density at radius 3 is 2.66 bits per heavy atom. The number of nitrogens with one attached hydrogen (secondary N) is 1. The van der Waals surface area contributed by atoms with E-state index in [1.807, 2.05) is 71.8 Å². The van der Waals surface area contributed by atoms with E-state index in [1.54, 1.807) is 23.7 Å². The summed E-state index contributed by atoms with van der Waals surface area (Å²) in [6.45, 7) is 2.73. The summed E-state index contributed by atoms with van der Waals surface area (Å²) < 4.78 is 0. The molecule has 1 saturated heterocycles. The fourth-order valence-corrected chi connectivity index (χ4v) is 4.70. The molecule has 3 aromatic heterocycles. The second kappa shape index (κ2) is 8.88. The Balaban J connectivity index is 1.53. The third-order valence-corrected chi connectivity index (χ3v) is 6.42. The lowest BCUT2D eigenvalue weighted by Gasteiger charge is -2.24. The predicted octanol–water partition coefficient (Wildman–Crippen LogP) is 5.63. The number of carbonyl (C=O) groups excluding carboxylic acids is 1. The molecule has 0 radical (unpaired) electrons. The zero-order valence-corrected chi connectivity index (χ0v) is 18.5. The number of amides is 1. The number of aryl methyl sites for hydroxylation is 1. The van der Waals surface area contributed by atoms with Crippen LogP contribution >= 0.6 is 11.3 Å². The number of para-hydroxylation sites is 1. The van der Waals surface area contributed by atoms with Crippen molar-refractivity contribution in [2.45, 2.75) is 25.8 Å². The highest BCUT2D eigenvalue weighted by Crippen LogP contribution is 2.34. The molecule has 1 aromatic carbocycles. The van der Waals surface area contributed by atoms with Crippen molar-refractivity contribution in [1.82, 2.24) is 19.9 Å². The summed E-state index contributed by atoms with van der Waals surface area (Å²) in [5.74, 6) is 1.42. The van der Waals surface area contributed by atoms with Gasteiger partial charge in [-0.25, -0.2) is 9.97 Å². The third kappa shape index (κ3) is 4.24. The molecule has 0 bridgehead atoms. The van der Waals surface area contributed by atoms with Crippen molar-refractivity contribution in [3.63, 3.8) is 0 Å². The molecule has 4 aromatic rings. The second-order valence-corrected chi connectivity index (χ2v) is 8.94. The lowest BCUT2D eigenvalue weighted by molar-refractivity contribution is 0.0730. The standard InChI is InChI=1S/C25H23N5OS/c1-17-14-19(16-32-17)25(31)30-13-5-8-22(30)24-28-21(18-9-11-26-12-10-18)15-23(29-24)27-20-6-3-2-4-7-20/h2-4,6-7,9-12,14-16,22H,5,8,13H2,1H3,(H,27,28,29)/t22-/m0/s1. The zero-order valence-electron chi connectivity index (χ0n) is 17.7. The lowest BCUT2D eigenvalue weighted by Crippen LogP contribution is -2.31. The van der Waals surface area contributed by atoms with E-state index in [2.05, 4.69) is 10.3 Å². The van der Waals surface area contributed by atoms with Crippen LogP contribution in [0.3, 0.4) is 0 Å². The molecule has 1 fully saturated rings. The van der Waals surface area contributed by atoms with Crippen LogP contribution in [0.2, 0.25) is 0 Å². The minimum Gasteiger partial charge on any atom is -0.340 e. The van der Waals surface area contributed by atoms with Gasteiger partial charge in [-0.15, -0.1) is 11.3 Å². The fourth-order valence-electron chi connectivity index (χ4n) is 4.02. The number of carbonyl (C=O) groups is 1. The molecule has 0 aliphatic carbocycles. The Labute approximate surface area is 191 Å². The number of aromatic nitrogens is 3. The Bertz CT molecular complexity index is 1230. The molecule has 0 saturated carbocycles. The number of anilines is 2. The summed E-state index contributed by atoms with van der Waals surface area (Å²) in [6.07, 6.45) is 5.29. The van der Waals surface area contributed by atoms with Crippen LogP contribution in [0.1, 0.15) is 39.9 Å². The molecule has 7 heteroatoms. The number of rotatable bonds is 5. The van der Waals surface area contributed by atoms with E-state index in [0.717, 1.165) is 40.2 Å². The van der Waals surface area contributed by atoms with Crippen LogP contribution in [0.5, 0.6) is 0 Å². The number of benzene rings is 1. The minimum absolute atomic E-state index is 0.0485. The van der Waals surface area contributed by atoms with Gasteiger partial charge < -0.3 is 10.2 Å². The first-order chi connectivity index (χ1) is 15.7. The first-order valence-electron chi connectivity index (χ1n) is 10.6. The van der Waals surface area contributed by atoms with Crippen LogP contribution in [0.25, 0.3) is 11.3 Å². The molecule has 1 aliphatic heterocycles. The second-order valence-electron chi connectivity index (χ2n) is 7.83. The van der Waals surface area contributed by atoms with E-state index < -0.39 is 0 Å². The number of likely N-dealkylation sites (tertiary alicyclic amines) is 1. The van der Waals surface area contributed by atoms with Crippen molar-refractivity contribution in [2.24, 2.45) is 0 Å². The van der Waals surface area contributed by atoms with Crippen LogP contribution in [-0.2, 0) is 0 Å². The van der Waals surface area contributed by atoms with Crippen molar-refractivity contribution in [2.75, 3.05) is 11.9 Å². The van der Waals surface area contributed by atoms with Crippen molar-refractivity contribution in [1.29, 1.82) is 0 Å². The van der Waals surface area contributed by atoms with Crippen molar-refractivity contribution in [3.05, 3.63) is 88.6 Å². The van der Waals surface area contributed by atoms with Crippen molar-refractivity contribution in [3.8, 4) is 11.3 Å². The van der Waals surface area contributed by atoms with Crippen LogP contribution in [0, 0.1) is 6.92 Å². The highest BCUT2D eigenvalue weighted by molar-refractivity contribution is 7.10. The highest BCUT2D eigenvalue weighted by atomic mass is 32.1. The molecule has 0 spiro atoms. The molecule has 0 unspecified atom stereocenters. The largest absolute Gasteiger partial charge is 0.340 e. The van der Waals surface area contributed by atoms with Crippen LogP contribution in [-0.4, -0.2) is 32.3 Å². The first kappa shape index (κ1) is 20.3. The average Bonchev–Trinajstić information content (AvgIpc) is 3.49. The molecule has 5 rings (SSSR count). The summed E-state index contributed by atoms with van der Waals surface area (Å²) in [4.78, 5) is 30.1. The summed E-state index contributed by atoms with van der Waals surface area (Å²) in [5.41, 5.74) is 3.46. The van der Waals surface area contributed by atoms with Crippen LogP contribution in [0.4, 0.5) is 11.5 Å². The van der Waals surface area contributed by atoms with E-state index in [0.29, 0.717) is 18.2 Å². The molecule has 1 N–H and O–H groups in total. The molecule has 1 atom stereocenters. The quantitative estimate of drug-likeness (QED) is 0.435. The number of hydrogen-bond acceptors (Lipinski definition) is 6. The lowest BCUT2D eigenvalue weighted by atomic mass is 10.1. The van der Waals surface area contributed by atoms with E-state index in [9.17, 15) is 4.79 Å². The highest BCUT2D eigenvalue weighted by Gasteiger charge is 2.33. The van der Waals surface area contributed by atoms with Crippen molar-refractivity contribution < 1.29 is 4.79 Å². The average molecular weight is 442 g/mol. The topological polar surface area (TPSA) is 71.0 Å². The van der Waals surface area contributed by atoms with Gasteiger partial charge in [0, 0.05) is 46.5 Å². The number of nitrogens with zero attached hydrogens (tertiary/aromatic N) is 4. The fraction of sp³-hybridized carbons (Fsp3) is 0.200. The number of hydrogen-bond donors (Lipinski definition) is 1. The Kier molecular flexibility index (Phi) is 5.64. The monoisotopic (exact) mass is 441 g/mol. The summed E-state index contributed by atoms with van der Waals surface area (Å²) in [5, 5.41) is 5.32. The molecular formula is C25H23N5OS. The van der Waals surface area contributed by atoms with Gasteiger partial charge >= 0.3 is 0 Å². The normalized spacial score (nSPS) is 15.7. The number of pyridine rings is 1. The van der Waals surface area contributed by atoms with Crippen LogP contribution < -0.4 is 5.32 Å². The summed E-state index contributed by atoms with van der Waals surface area (Å²) in [6, 6.07) is 17.6. The molecule has 6 nitrogen and oxygen atoms in total. The van der Waals surface area contributed by atoms with Gasteiger partial charge in [0.2, 0.25) is 0 Å². The summed E-state index contributed by atoms with van der Waals surface area (Å²) in [7, 11) is 0. The maximum Gasteiger partial charge on any atom is 0.255 e. The Hall–Kier alpha value is -3.58. The van der Waals surface area contributed by atoms with E-state index in [-0.39, 0.29) is 11.9 Å². The maximum atomic E-state index is 13.2. The molecule has 4 heterocycles. The Morgan fingerprint density at radius 1 is 1.09 bits per heavy atom. The third-order valence-electron chi connectivity index (χ3n) is 5.55. The van der Waals surface area contributed by atoms with Gasteiger partial charge in [0.1, 0.15) is 5.82 Å². The summed E-state index contributed by atoms with van der Waals surface area (Å²) >= 11 is 1.60. The first-order valence-corrected chi connectivity index (χ1v) is 11.5.